The minimum absolute atomic E-state index is 0.126. The quantitative estimate of drug-likeness (QED) is 0.499. The Kier molecular flexibility index (Phi) is 5.50. The van der Waals surface area contributed by atoms with Crippen LogP contribution < -0.4 is 5.56 Å². The number of nitrogens with zero attached hydrogens (tertiary/aromatic N) is 1. The van der Waals surface area contributed by atoms with Gasteiger partial charge in [-0.2, -0.15) is 0 Å². The van der Waals surface area contributed by atoms with E-state index in [2.05, 4.69) is 5.10 Å². The molecule has 1 aromatic heterocycles. The van der Waals surface area contributed by atoms with Crippen molar-refractivity contribution in [1.29, 1.82) is 0 Å². The van der Waals surface area contributed by atoms with Crippen molar-refractivity contribution in [2.75, 3.05) is 19.5 Å². The van der Waals surface area contributed by atoms with E-state index < -0.39 is 0 Å². The number of benzene rings is 1. The van der Waals surface area contributed by atoms with Crippen molar-refractivity contribution in [1.82, 2.24) is 9.78 Å². The summed E-state index contributed by atoms with van der Waals surface area (Å²) in [5.41, 5.74) is 1.05. The summed E-state index contributed by atoms with van der Waals surface area (Å²) in [6.07, 6.45) is 1.43. The second-order valence-corrected chi connectivity index (χ2v) is 6.28. The van der Waals surface area contributed by atoms with Crippen LogP contribution in [0.1, 0.15) is 21.5 Å². The molecule has 0 fully saturated rings. The lowest BCUT2D eigenvalue weighted by atomic mass is 10.0. The Morgan fingerprint density at radius 1 is 1.41 bits per heavy atom. The predicted octanol–water partition coefficient (Wildman–Crippen LogP) is 2.64. The standard InChI is InChI=1S/C15H17ClN2O3S/c1-9-10(13(19)11-8-17-18(2)15(11)20)4-5-12(16)14(9)22-7-6-21-3/h4-5,8,17H,6-7H2,1-3H3. The number of hydrogen-bond donors (Lipinski definition) is 1. The molecule has 0 unspecified atom stereocenters. The van der Waals surface area contributed by atoms with E-state index in [-0.39, 0.29) is 16.9 Å². The summed E-state index contributed by atoms with van der Waals surface area (Å²) in [7, 11) is 3.20. The number of nitrogens with one attached hydrogen (secondary N) is 1. The van der Waals surface area contributed by atoms with Crippen molar-refractivity contribution in [2.45, 2.75) is 11.8 Å². The number of thioether (sulfide) groups is 1. The lowest BCUT2D eigenvalue weighted by Gasteiger charge is -2.11. The van der Waals surface area contributed by atoms with E-state index in [1.165, 1.54) is 22.6 Å². The van der Waals surface area contributed by atoms with E-state index in [1.54, 1.807) is 26.3 Å². The van der Waals surface area contributed by atoms with Crippen LogP contribution in [0.5, 0.6) is 0 Å². The van der Waals surface area contributed by atoms with E-state index in [0.717, 1.165) is 16.2 Å². The van der Waals surface area contributed by atoms with E-state index in [4.69, 9.17) is 16.3 Å². The summed E-state index contributed by atoms with van der Waals surface area (Å²) >= 11 is 7.76. The maximum absolute atomic E-state index is 12.6. The second-order valence-electron chi connectivity index (χ2n) is 4.77. The number of aromatic nitrogens is 2. The Labute approximate surface area is 137 Å². The van der Waals surface area contributed by atoms with Gasteiger partial charge in [-0.25, -0.2) is 0 Å². The van der Waals surface area contributed by atoms with Crippen molar-refractivity contribution >= 4 is 29.1 Å². The third-order valence-corrected chi connectivity index (χ3v) is 4.93. The molecule has 22 heavy (non-hydrogen) atoms. The molecule has 0 bridgehead atoms. The number of hydrogen-bond acceptors (Lipinski definition) is 4. The highest BCUT2D eigenvalue weighted by atomic mass is 35.5. The topological polar surface area (TPSA) is 64.1 Å². The molecule has 0 aliphatic heterocycles. The van der Waals surface area contributed by atoms with Crippen LogP contribution in [-0.4, -0.2) is 35.0 Å². The largest absolute Gasteiger partial charge is 0.384 e. The van der Waals surface area contributed by atoms with Crippen molar-refractivity contribution in [2.24, 2.45) is 7.05 Å². The number of methoxy groups -OCH3 is 1. The number of rotatable bonds is 6. The Balaban J connectivity index is 2.39. The fraction of sp³-hybridized carbons (Fsp3) is 0.333. The zero-order chi connectivity index (χ0) is 16.3. The van der Waals surface area contributed by atoms with E-state index in [1.807, 2.05) is 6.92 Å². The van der Waals surface area contributed by atoms with Crippen LogP contribution in [-0.2, 0) is 11.8 Å². The van der Waals surface area contributed by atoms with Gasteiger partial charge >= 0.3 is 0 Å². The summed E-state index contributed by atoms with van der Waals surface area (Å²) in [5.74, 6) is 0.435. The van der Waals surface area contributed by atoms with Gasteiger partial charge in [0.15, 0.2) is 5.78 Å². The van der Waals surface area contributed by atoms with E-state index >= 15 is 0 Å². The van der Waals surface area contributed by atoms with Gasteiger partial charge in [0.05, 0.1) is 11.6 Å². The van der Waals surface area contributed by atoms with E-state index in [9.17, 15) is 9.59 Å². The van der Waals surface area contributed by atoms with Gasteiger partial charge < -0.3 is 9.84 Å². The molecule has 1 N–H and O–H groups in total. The zero-order valence-electron chi connectivity index (χ0n) is 12.6. The molecule has 0 atom stereocenters. The number of carbonyl (C=O) groups excluding carboxylic acids is 1. The molecule has 2 aromatic rings. The highest BCUT2D eigenvalue weighted by Crippen LogP contribution is 2.33. The highest BCUT2D eigenvalue weighted by Gasteiger charge is 2.20. The Hall–Kier alpha value is -1.50. The SMILES string of the molecule is COCCSc1c(Cl)ccc(C(=O)c2c[nH]n(C)c2=O)c1C. The molecule has 0 saturated carbocycles. The molecule has 5 nitrogen and oxygen atoms in total. The number of ketones is 1. The third-order valence-electron chi connectivity index (χ3n) is 3.32. The lowest BCUT2D eigenvalue weighted by Crippen LogP contribution is -2.19. The van der Waals surface area contributed by atoms with Gasteiger partial charge in [0.25, 0.3) is 5.56 Å². The van der Waals surface area contributed by atoms with Crippen LogP contribution in [0.3, 0.4) is 0 Å². The molecule has 1 aromatic carbocycles. The van der Waals surface area contributed by atoms with Crippen molar-refractivity contribution in [3.63, 3.8) is 0 Å². The minimum Gasteiger partial charge on any atom is -0.384 e. The molecule has 0 amide bonds. The lowest BCUT2D eigenvalue weighted by molar-refractivity contribution is 0.103. The zero-order valence-corrected chi connectivity index (χ0v) is 14.2. The average molecular weight is 341 g/mol. The first kappa shape index (κ1) is 16.9. The maximum atomic E-state index is 12.6. The van der Waals surface area contributed by atoms with Gasteiger partial charge in [0.1, 0.15) is 5.56 Å². The van der Waals surface area contributed by atoms with Crippen LogP contribution in [0.4, 0.5) is 0 Å². The maximum Gasteiger partial charge on any atom is 0.277 e. The number of carbonyl (C=O) groups is 1. The first-order chi connectivity index (χ1) is 10.5. The Bertz CT molecular complexity index is 752. The summed E-state index contributed by atoms with van der Waals surface area (Å²) in [5, 5.41) is 3.31. The van der Waals surface area contributed by atoms with Crippen molar-refractivity contribution in [3.05, 3.63) is 50.4 Å². The molecule has 1 heterocycles. The molecule has 0 radical (unpaired) electrons. The van der Waals surface area contributed by atoms with Gasteiger partial charge in [-0.1, -0.05) is 11.6 Å². The second kappa shape index (κ2) is 7.17. The van der Waals surface area contributed by atoms with E-state index in [0.29, 0.717) is 17.2 Å². The Morgan fingerprint density at radius 2 is 2.14 bits per heavy atom. The molecule has 118 valence electrons. The van der Waals surface area contributed by atoms with Gasteiger partial charge in [-0.05, 0) is 24.6 Å². The fourth-order valence-corrected chi connectivity index (χ4v) is 3.43. The number of H-pyrrole nitrogens is 1. The average Bonchev–Trinajstić information content (AvgIpc) is 2.82. The molecule has 0 spiro atoms. The molecule has 2 rings (SSSR count). The summed E-state index contributed by atoms with van der Waals surface area (Å²) in [6, 6.07) is 3.35. The highest BCUT2D eigenvalue weighted by molar-refractivity contribution is 7.99. The third kappa shape index (κ3) is 3.29. The minimum atomic E-state index is -0.340. The first-order valence-electron chi connectivity index (χ1n) is 6.67. The van der Waals surface area contributed by atoms with Crippen molar-refractivity contribution < 1.29 is 9.53 Å². The van der Waals surface area contributed by atoms with Crippen LogP contribution in [0.15, 0.2) is 28.0 Å². The fourth-order valence-electron chi connectivity index (χ4n) is 2.08. The van der Waals surface area contributed by atoms with Crippen LogP contribution in [0, 0.1) is 6.92 Å². The van der Waals surface area contributed by atoms with Crippen LogP contribution >= 0.6 is 23.4 Å². The summed E-state index contributed by atoms with van der Waals surface area (Å²) in [6.45, 7) is 2.43. The normalized spacial score (nSPS) is 10.9. The Morgan fingerprint density at radius 3 is 2.73 bits per heavy atom. The number of halogens is 1. The number of aryl methyl sites for hydroxylation is 1. The van der Waals surface area contributed by atoms with Crippen LogP contribution in [0.2, 0.25) is 5.02 Å². The predicted molar refractivity (Wildman–Crippen MR) is 88.3 cm³/mol. The summed E-state index contributed by atoms with van der Waals surface area (Å²) < 4.78 is 6.30. The molecule has 7 heteroatoms. The first-order valence-corrected chi connectivity index (χ1v) is 8.03. The van der Waals surface area contributed by atoms with Gasteiger partial charge in [0.2, 0.25) is 0 Å². The van der Waals surface area contributed by atoms with Crippen molar-refractivity contribution in [3.8, 4) is 0 Å². The smallest absolute Gasteiger partial charge is 0.277 e. The van der Waals surface area contributed by atoms with Gasteiger partial charge in [-0.3, -0.25) is 14.3 Å². The van der Waals surface area contributed by atoms with Gasteiger partial charge in [-0.15, -0.1) is 11.8 Å². The van der Waals surface area contributed by atoms with Gasteiger partial charge in [0, 0.05) is 36.6 Å². The van der Waals surface area contributed by atoms with Crippen LogP contribution in [0.25, 0.3) is 0 Å². The molecular weight excluding hydrogens is 324 g/mol. The molecule has 0 saturated heterocycles. The number of ether oxygens (including phenoxy) is 1. The monoisotopic (exact) mass is 340 g/mol. The molecule has 0 aliphatic carbocycles. The summed E-state index contributed by atoms with van der Waals surface area (Å²) in [4.78, 5) is 25.3. The number of aromatic amines is 1. The molecule has 0 aliphatic rings. The molecular formula is C15H17ClN2O3S.